The highest BCUT2D eigenvalue weighted by Gasteiger charge is 2.24. The molecule has 1 heterocycles. The zero-order chi connectivity index (χ0) is 11.6. The predicted molar refractivity (Wildman–Crippen MR) is 55.8 cm³/mol. The normalized spacial score (nSPS) is 12.4. The van der Waals surface area contributed by atoms with Crippen molar-refractivity contribution in [2.24, 2.45) is 5.41 Å². The van der Waals surface area contributed by atoms with E-state index in [1.54, 1.807) is 24.7 Å². The molecule has 1 aromatic rings. The fraction of sp³-hybridized carbons (Fsp3) is 0.700. The van der Waals surface area contributed by atoms with Crippen molar-refractivity contribution in [2.75, 3.05) is 5.73 Å². The third-order valence-electron chi connectivity index (χ3n) is 2.43. The molecule has 1 aromatic heterocycles. The molecule has 86 valence electrons. The monoisotopic (exact) mass is 217 g/mol. The van der Waals surface area contributed by atoms with Gasteiger partial charge in [0.25, 0.3) is 0 Å². The van der Waals surface area contributed by atoms with Crippen LogP contribution in [0.5, 0.6) is 0 Å². The van der Waals surface area contributed by atoms with Gasteiger partial charge in [0.2, 0.25) is 6.43 Å². The molecule has 0 atom stereocenters. The highest BCUT2D eigenvalue weighted by Crippen LogP contribution is 2.27. The van der Waals surface area contributed by atoms with E-state index < -0.39 is 11.8 Å². The molecule has 5 heteroatoms. The molecule has 15 heavy (non-hydrogen) atoms. The largest absolute Gasteiger partial charge is 0.396 e. The Morgan fingerprint density at radius 3 is 2.53 bits per heavy atom. The lowest BCUT2D eigenvalue weighted by atomic mass is 9.89. The number of nitrogens with zero attached hydrogens (tertiary/aromatic N) is 2. The van der Waals surface area contributed by atoms with E-state index >= 15 is 0 Å². The molecule has 0 aliphatic heterocycles. The molecule has 0 saturated heterocycles. The highest BCUT2D eigenvalue weighted by molar-refractivity contribution is 5.39. The summed E-state index contributed by atoms with van der Waals surface area (Å²) in [5.41, 5.74) is 6.59. The van der Waals surface area contributed by atoms with Crippen molar-refractivity contribution in [2.45, 2.75) is 40.2 Å². The van der Waals surface area contributed by atoms with Crippen LogP contribution in [-0.4, -0.2) is 16.2 Å². The van der Waals surface area contributed by atoms with E-state index in [0.717, 1.165) is 5.69 Å². The van der Waals surface area contributed by atoms with Gasteiger partial charge in [-0.05, 0) is 12.3 Å². The van der Waals surface area contributed by atoms with Gasteiger partial charge in [0.1, 0.15) is 0 Å². The van der Waals surface area contributed by atoms with Crippen molar-refractivity contribution in [3.8, 4) is 0 Å². The first-order valence-corrected chi connectivity index (χ1v) is 4.88. The van der Waals surface area contributed by atoms with Crippen LogP contribution in [0.4, 0.5) is 14.5 Å². The number of halogens is 2. The van der Waals surface area contributed by atoms with Crippen LogP contribution in [0.25, 0.3) is 0 Å². The molecule has 0 fully saturated rings. The maximum atomic E-state index is 12.3. The third kappa shape index (κ3) is 3.18. The Hall–Kier alpha value is -1.13. The molecule has 0 aliphatic rings. The topological polar surface area (TPSA) is 43.8 Å². The van der Waals surface area contributed by atoms with E-state index in [1.807, 2.05) is 6.92 Å². The molecule has 0 bridgehead atoms. The van der Waals surface area contributed by atoms with Crippen LogP contribution in [0, 0.1) is 12.3 Å². The molecule has 0 amide bonds. The quantitative estimate of drug-likeness (QED) is 0.841. The number of nitrogens with two attached hydrogens (primary N) is 1. The van der Waals surface area contributed by atoms with Crippen LogP contribution in [0.15, 0.2) is 6.20 Å². The number of alkyl halides is 2. The van der Waals surface area contributed by atoms with E-state index in [9.17, 15) is 8.78 Å². The average Bonchev–Trinajstić information content (AvgIpc) is 2.33. The fourth-order valence-electron chi connectivity index (χ4n) is 1.51. The second-order valence-corrected chi connectivity index (χ2v) is 4.60. The molecule has 0 unspecified atom stereocenters. The summed E-state index contributed by atoms with van der Waals surface area (Å²) in [6.45, 7) is 5.90. The highest BCUT2D eigenvalue weighted by atomic mass is 19.3. The zero-order valence-electron chi connectivity index (χ0n) is 9.30. The molecule has 0 aliphatic carbocycles. The minimum atomic E-state index is -2.28. The molecule has 0 radical (unpaired) electrons. The Morgan fingerprint density at radius 1 is 1.53 bits per heavy atom. The number of rotatable bonds is 4. The van der Waals surface area contributed by atoms with Gasteiger partial charge in [0.15, 0.2) is 0 Å². The number of anilines is 1. The van der Waals surface area contributed by atoms with E-state index in [4.69, 9.17) is 5.73 Å². The van der Waals surface area contributed by atoms with Crippen molar-refractivity contribution >= 4 is 5.69 Å². The van der Waals surface area contributed by atoms with Crippen LogP contribution >= 0.6 is 0 Å². The first-order chi connectivity index (χ1) is 6.82. The Bertz CT molecular complexity index is 331. The van der Waals surface area contributed by atoms with Gasteiger partial charge in [-0.25, -0.2) is 8.78 Å². The van der Waals surface area contributed by atoms with Gasteiger partial charge >= 0.3 is 0 Å². The first-order valence-electron chi connectivity index (χ1n) is 4.88. The SMILES string of the molecule is Cc1c(N)cnn1CC(C)(C)CC(F)F. The summed E-state index contributed by atoms with van der Waals surface area (Å²) in [4.78, 5) is 0. The van der Waals surface area contributed by atoms with Gasteiger partial charge in [0.05, 0.1) is 17.6 Å². The van der Waals surface area contributed by atoms with Crippen LogP contribution < -0.4 is 5.73 Å². The molecule has 0 spiro atoms. The predicted octanol–water partition coefficient (Wildman–Crippen LogP) is 2.46. The Morgan fingerprint density at radius 2 is 2.13 bits per heavy atom. The van der Waals surface area contributed by atoms with Gasteiger partial charge < -0.3 is 5.73 Å². The zero-order valence-corrected chi connectivity index (χ0v) is 9.30. The lowest BCUT2D eigenvalue weighted by Gasteiger charge is -2.24. The molecular weight excluding hydrogens is 200 g/mol. The summed E-state index contributed by atoms with van der Waals surface area (Å²) in [5, 5.41) is 4.05. The van der Waals surface area contributed by atoms with Crippen molar-refractivity contribution < 1.29 is 8.78 Å². The fourth-order valence-corrected chi connectivity index (χ4v) is 1.51. The number of hydrogen-bond donors (Lipinski definition) is 1. The Labute approximate surface area is 88.3 Å². The summed E-state index contributed by atoms with van der Waals surface area (Å²) in [5.74, 6) is 0. The van der Waals surface area contributed by atoms with E-state index in [-0.39, 0.29) is 6.42 Å². The number of hydrogen-bond acceptors (Lipinski definition) is 2. The van der Waals surface area contributed by atoms with Crippen molar-refractivity contribution in [3.63, 3.8) is 0 Å². The maximum absolute atomic E-state index is 12.3. The first kappa shape index (κ1) is 11.9. The van der Waals surface area contributed by atoms with Gasteiger partial charge in [-0.3, -0.25) is 4.68 Å². The minimum Gasteiger partial charge on any atom is -0.396 e. The number of nitrogen functional groups attached to an aromatic ring is 1. The molecule has 1 rings (SSSR count). The lowest BCUT2D eigenvalue weighted by molar-refractivity contribution is 0.0774. The summed E-state index contributed by atoms with van der Waals surface area (Å²) >= 11 is 0. The standard InChI is InChI=1S/C10H17F2N3/c1-7-8(13)5-14-15(7)6-10(2,3)4-9(11)12/h5,9H,4,6,13H2,1-3H3. The molecule has 0 saturated carbocycles. The second-order valence-electron chi connectivity index (χ2n) is 4.60. The molecule has 3 nitrogen and oxygen atoms in total. The lowest BCUT2D eigenvalue weighted by Crippen LogP contribution is -2.24. The van der Waals surface area contributed by atoms with Crippen LogP contribution in [0.3, 0.4) is 0 Å². The maximum Gasteiger partial charge on any atom is 0.239 e. The van der Waals surface area contributed by atoms with Crippen molar-refractivity contribution in [1.82, 2.24) is 9.78 Å². The van der Waals surface area contributed by atoms with Crippen LogP contribution in [0.2, 0.25) is 0 Å². The van der Waals surface area contributed by atoms with Gasteiger partial charge in [-0.1, -0.05) is 13.8 Å². The van der Waals surface area contributed by atoms with Gasteiger partial charge in [-0.15, -0.1) is 0 Å². The minimum absolute atomic E-state index is 0.133. The summed E-state index contributed by atoms with van der Waals surface area (Å²) < 4.78 is 26.2. The summed E-state index contributed by atoms with van der Waals surface area (Å²) in [7, 11) is 0. The Kier molecular flexibility index (Phi) is 3.31. The average molecular weight is 217 g/mol. The van der Waals surface area contributed by atoms with Crippen molar-refractivity contribution in [1.29, 1.82) is 0 Å². The van der Waals surface area contributed by atoms with Gasteiger partial charge in [0, 0.05) is 13.0 Å². The van der Waals surface area contributed by atoms with Gasteiger partial charge in [-0.2, -0.15) is 5.10 Å². The summed E-state index contributed by atoms with van der Waals surface area (Å²) in [6.07, 6.45) is -0.867. The molecule has 2 N–H and O–H groups in total. The van der Waals surface area contributed by atoms with E-state index in [1.165, 1.54) is 0 Å². The van der Waals surface area contributed by atoms with E-state index in [2.05, 4.69) is 5.10 Å². The van der Waals surface area contributed by atoms with E-state index in [0.29, 0.717) is 12.2 Å². The number of aromatic nitrogens is 2. The smallest absolute Gasteiger partial charge is 0.239 e. The summed E-state index contributed by atoms with van der Waals surface area (Å²) in [6, 6.07) is 0. The molecule has 0 aromatic carbocycles. The Balaban J connectivity index is 2.72. The third-order valence-corrected chi connectivity index (χ3v) is 2.43. The van der Waals surface area contributed by atoms with Crippen LogP contribution in [0.1, 0.15) is 26.0 Å². The van der Waals surface area contributed by atoms with Crippen LogP contribution in [-0.2, 0) is 6.54 Å². The molecular formula is C10H17F2N3. The second kappa shape index (κ2) is 4.16. The van der Waals surface area contributed by atoms with Crippen molar-refractivity contribution in [3.05, 3.63) is 11.9 Å².